The number of alkyl carbamates (subject to hydrolysis) is 1. The van der Waals surface area contributed by atoms with Gasteiger partial charge in [0.25, 0.3) is 0 Å². The molecule has 98 valence electrons. The van der Waals surface area contributed by atoms with Crippen molar-refractivity contribution in [3.63, 3.8) is 0 Å². The topological polar surface area (TPSA) is 41.6 Å². The number of carbonyl (C=O) groups excluding carboxylic acids is 1. The van der Waals surface area contributed by atoms with E-state index < -0.39 is 18.9 Å². The van der Waals surface area contributed by atoms with Gasteiger partial charge in [0.1, 0.15) is 0 Å². The molecule has 17 heavy (non-hydrogen) atoms. The number of rotatable bonds is 2. The van der Waals surface area contributed by atoms with Crippen LogP contribution in [-0.2, 0) is 4.74 Å². The molecule has 2 saturated heterocycles. The van der Waals surface area contributed by atoms with Gasteiger partial charge in [-0.25, -0.2) is 4.79 Å². The predicted molar refractivity (Wildman–Crippen MR) is 53.5 cm³/mol. The molecule has 2 heterocycles. The van der Waals surface area contributed by atoms with E-state index in [1.54, 1.807) is 0 Å². The summed E-state index contributed by atoms with van der Waals surface area (Å²) in [5.74, 6) is 0. The van der Waals surface area contributed by atoms with Crippen LogP contribution in [0.1, 0.15) is 19.3 Å². The van der Waals surface area contributed by atoms with Gasteiger partial charge in [-0.3, -0.25) is 4.90 Å². The van der Waals surface area contributed by atoms with E-state index in [0.29, 0.717) is 0 Å². The van der Waals surface area contributed by atoms with E-state index in [-0.39, 0.29) is 12.1 Å². The first-order chi connectivity index (χ1) is 7.96. The van der Waals surface area contributed by atoms with Crippen LogP contribution < -0.4 is 5.32 Å². The van der Waals surface area contributed by atoms with E-state index >= 15 is 0 Å². The van der Waals surface area contributed by atoms with E-state index in [1.165, 1.54) is 0 Å². The zero-order valence-corrected chi connectivity index (χ0v) is 9.29. The Hall–Kier alpha value is -0.980. The van der Waals surface area contributed by atoms with Crippen LogP contribution in [-0.4, -0.2) is 48.9 Å². The van der Waals surface area contributed by atoms with Crippen molar-refractivity contribution in [3.05, 3.63) is 0 Å². The average molecular weight is 252 g/mol. The molecule has 2 unspecified atom stereocenters. The molecule has 1 N–H and O–H groups in total. The van der Waals surface area contributed by atoms with Crippen molar-refractivity contribution in [2.75, 3.05) is 19.7 Å². The Bertz CT molecular complexity index is 296. The van der Waals surface area contributed by atoms with Crippen molar-refractivity contribution >= 4 is 6.09 Å². The second-order valence-electron chi connectivity index (χ2n) is 4.48. The normalized spacial score (nSPS) is 29.1. The highest BCUT2D eigenvalue weighted by Crippen LogP contribution is 2.27. The Labute approximate surface area is 97.1 Å². The second kappa shape index (κ2) is 4.72. The van der Waals surface area contributed by atoms with Crippen LogP contribution in [0.5, 0.6) is 0 Å². The Morgan fingerprint density at radius 1 is 1.35 bits per heavy atom. The number of halogens is 3. The lowest BCUT2D eigenvalue weighted by Crippen LogP contribution is -2.43. The van der Waals surface area contributed by atoms with Gasteiger partial charge in [0, 0.05) is 18.6 Å². The molecule has 2 fully saturated rings. The fourth-order valence-corrected chi connectivity index (χ4v) is 2.59. The monoisotopic (exact) mass is 252 g/mol. The molecule has 0 aromatic rings. The lowest BCUT2D eigenvalue weighted by Gasteiger charge is -2.21. The predicted octanol–water partition coefficient (Wildman–Crippen LogP) is 1.51. The maximum Gasteiger partial charge on any atom is 0.422 e. The molecule has 2 rings (SSSR count). The zero-order chi connectivity index (χ0) is 12.5. The van der Waals surface area contributed by atoms with Gasteiger partial charge in [-0.2, -0.15) is 13.2 Å². The van der Waals surface area contributed by atoms with Crippen molar-refractivity contribution in [1.82, 2.24) is 10.2 Å². The molecule has 7 heteroatoms. The molecular weight excluding hydrogens is 237 g/mol. The van der Waals surface area contributed by atoms with E-state index in [4.69, 9.17) is 0 Å². The van der Waals surface area contributed by atoms with Gasteiger partial charge in [0.15, 0.2) is 6.61 Å². The van der Waals surface area contributed by atoms with E-state index in [1.807, 2.05) is 0 Å². The SMILES string of the molecule is O=C(NC1CCN2CCCC12)OCC(F)(F)F. The lowest BCUT2D eigenvalue weighted by molar-refractivity contribution is -0.160. The quantitative estimate of drug-likeness (QED) is 0.810. The smallest absolute Gasteiger partial charge is 0.422 e. The number of nitrogens with one attached hydrogen (secondary N) is 1. The minimum atomic E-state index is -4.47. The van der Waals surface area contributed by atoms with Crippen LogP contribution in [0.15, 0.2) is 0 Å². The van der Waals surface area contributed by atoms with E-state index in [9.17, 15) is 18.0 Å². The van der Waals surface area contributed by atoms with Crippen LogP contribution >= 0.6 is 0 Å². The Kier molecular flexibility index (Phi) is 3.46. The summed E-state index contributed by atoms with van der Waals surface area (Å²) in [5.41, 5.74) is 0. The van der Waals surface area contributed by atoms with Gasteiger partial charge >= 0.3 is 12.3 Å². The third kappa shape index (κ3) is 3.24. The molecule has 0 aromatic heterocycles. The molecule has 0 bridgehead atoms. The largest absolute Gasteiger partial charge is 0.440 e. The van der Waals surface area contributed by atoms with Gasteiger partial charge in [0.05, 0.1) is 0 Å². The first kappa shape index (κ1) is 12.5. The molecular formula is C10H15F3N2O2. The summed E-state index contributed by atoms with van der Waals surface area (Å²) in [4.78, 5) is 13.4. The fourth-order valence-electron chi connectivity index (χ4n) is 2.59. The van der Waals surface area contributed by atoms with Crippen LogP contribution in [0.2, 0.25) is 0 Å². The number of ether oxygens (including phenoxy) is 1. The number of carbonyl (C=O) groups is 1. The lowest BCUT2D eigenvalue weighted by atomic mass is 10.1. The number of alkyl halides is 3. The molecule has 0 aliphatic carbocycles. The molecule has 0 saturated carbocycles. The maximum absolute atomic E-state index is 11.8. The molecule has 0 spiro atoms. The van der Waals surface area contributed by atoms with Crippen molar-refractivity contribution in [2.24, 2.45) is 0 Å². The molecule has 0 radical (unpaired) electrons. The Morgan fingerprint density at radius 2 is 2.12 bits per heavy atom. The number of nitrogens with zero attached hydrogens (tertiary/aromatic N) is 1. The standard InChI is InChI=1S/C10H15F3N2O2/c11-10(12,13)6-17-9(16)14-7-3-5-15-4-1-2-8(7)15/h7-8H,1-6H2,(H,14,16). The molecule has 1 amide bonds. The highest BCUT2D eigenvalue weighted by Gasteiger charge is 2.38. The summed E-state index contributed by atoms with van der Waals surface area (Å²) in [5, 5.41) is 2.52. The van der Waals surface area contributed by atoms with Crippen LogP contribution in [0.3, 0.4) is 0 Å². The average Bonchev–Trinajstić information content (AvgIpc) is 2.79. The van der Waals surface area contributed by atoms with Crippen molar-refractivity contribution in [2.45, 2.75) is 37.5 Å². The highest BCUT2D eigenvalue weighted by molar-refractivity contribution is 5.67. The van der Waals surface area contributed by atoms with Crippen molar-refractivity contribution in [1.29, 1.82) is 0 Å². The number of amides is 1. The van der Waals surface area contributed by atoms with Gasteiger partial charge in [-0.05, 0) is 25.8 Å². The third-order valence-electron chi connectivity index (χ3n) is 3.28. The summed E-state index contributed by atoms with van der Waals surface area (Å²) in [6, 6.07) is 0.201. The fraction of sp³-hybridized carbons (Fsp3) is 0.900. The van der Waals surface area contributed by atoms with Gasteiger partial charge in [-0.1, -0.05) is 0 Å². The highest BCUT2D eigenvalue weighted by atomic mass is 19.4. The summed E-state index contributed by atoms with van der Waals surface area (Å²) in [6.07, 6.45) is -2.58. The zero-order valence-electron chi connectivity index (χ0n) is 9.29. The third-order valence-corrected chi connectivity index (χ3v) is 3.28. The molecule has 2 aliphatic rings. The minimum absolute atomic E-state index is 0.0711. The summed E-state index contributed by atoms with van der Waals surface area (Å²) < 4.78 is 39.6. The summed E-state index contributed by atoms with van der Waals surface area (Å²) >= 11 is 0. The van der Waals surface area contributed by atoms with E-state index in [2.05, 4.69) is 15.0 Å². The summed E-state index contributed by atoms with van der Waals surface area (Å²) in [7, 11) is 0. The van der Waals surface area contributed by atoms with Crippen molar-refractivity contribution < 1.29 is 22.7 Å². The maximum atomic E-state index is 11.8. The number of hydrogen-bond acceptors (Lipinski definition) is 3. The van der Waals surface area contributed by atoms with E-state index in [0.717, 1.165) is 32.4 Å². The minimum Gasteiger partial charge on any atom is -0.440 e. The molecule has 2 atom stereocenters. The number of hydrogen-bond donors (Lipinski definition) is 1. The Balaban J connectivity index is 1.75. The Morgan fingerprint density at radius 3 is 2.82 bits per heavy atom. The second-order valence-corrected chi connectivity index (χ2v) is 4.48. The van der Waals surface area contributed by atoms with Crippen LogP contribution in [0.4, 0.5) is 18.0 Å². The molecule has 0 aromatic carbocycles. The molecule has 2 aliphatic heterocycles. The van der Waals surface area contributed by atoms with Gasteiger partial charge < -0.3 is 10.1 Å². The van der Waals surface area contributed by atoms with Gasteiger partial charge in [-0.15, -0.1) is 0 Å². The van der Waals surface area contributed by atoms with Crippen molar-refractivity contribution in [3.8, 4) is 0 Å². The van der Waals surface area contributed by atoms with Crippen LogP contribution in [0, 0.1) is 0 Å². The van der Waals surface area contributed by atoms with Crippen LogP contribution in [0.25, 0.3) is 0 Å². The summed E-state index contributed by atoms with van der Waals surface area (Å²) in [6.45, 7) is 0.384. The van der Waals surface area contributed by atoms with Gasteiger partial charge in [0.2, 0.25) is 0 Å². The molecule has 4 nitrogen and oxygen atoms in total. The number of fused-ring (bicyclic) bond motifs is 1. The first-order valence-electron chi connectivity index (χ1n) is 5.70. The first-order valence-corrected chi connectivity index (χ1v) is 5.70.